The number of ether oxygens (including phenoxy) is 1. The molecule has 2 aliphatic rings. The van der Waals surface area contributed by atoms with Gasteiger partial charge in [-0.1, -0.05) is 63.4 Å². The normalized spacial score (nSPS) is 19.2. The van der Waals surface area contributed by atoms with Crippen LogP contribution in [0.2, 0.25) is 5.02 Å². The molecule has 2 heterocycles. The number of hydrogen-bond donors (Lipinski definition) is 5. The van der Waals surface area contributed by atoms with Crippen LogP contribution in [0.25, 0.3) is 10.9 Å². The predicted molar refractivity (Wildman–Crippen MR) is 199 cm³/mol. The van der Waals surface area contributed by atoms with Crippen molar-refractivity contribution in [3.05, 3.63) is 69.4 Å². The second-order valence-electron chi connectivity index (χ2n) is 14.4. The number of carbonyl (C=O) groups is 4. The molecule has 5 N–H and O–H groups in total. The van der Waals surface area contributed by atoms with Crippen molar-refractivity contribution in [3.63, 3.8) is 0 Å². The Labute approximate surface area is 314 Å². The van der Waals surface area contributed by atoms with Crippen LogP contribution in [0.15, 0.2) is 30.3 Å². The van der Waals surface area contributed by atoms with Gasteiger partial charge in [-0.3, -0.25) is 24.1 Å². The van der Waals surface area contributed by atoms with Crippen molar-refractivity contribution in [1.82, 2.24) is 31.2 Å². The average Bonchev–Trinajstić information content (AvgIpc) is 3.50. The standard InChI is InChI=1S/C39H51ClF2N6O5/c1-5-8-31(44-32(49)19-25-10-7-9-24(4)33(25)42)36(50)47-39(12-11-30-28(22-39)27-20-26(41)21-29(40)35(27)45-30)38(52)46-34(23(3)6-2)37(51)43-13-14-48-15-17-53-18-16-48/h7,9-10,20-21,23,31,34,45H,5-6,8,11-19,22H2,1-4H3,(H,43,51)(H,44,49)(H,46,52)(H,47,50)/t23?,31-,34-,39+/m0/s1. The van der Waals surface area contributed by atoms with Gasteiger partial charge in [0.1, 0.15) is 29.3 Å². The molecule has 53 heavy (non-hydrogen) atoms. The monoisotopic (exact) mass is 756 g/mol. The molecule has 3 aromatic rings. The van der Waals surface area contributed by atoms with Gasteiger partial charge >= 0.3 is 0 Å². The van der Waals surface area contributed by atoms with Crippen molar-refractivity contribution in [2.24, 2.45) is 5.92 Å². The molecule has 1 aliphatic carbocycles. The zero-order valence-electron chi connectivity index (χ0n) is 30.9. The van der Waals surface area contributed by atoms with Crippen LogP contribution in [0.1, 0.15) is 68.8 Å². The third kappa shape index (κ3) is 9.54. The minimum atomic E-state index is -1.57. The third-order valence-electron chi connectivity index (χ3n) is 10.6. The molecule has 2 aromatic carbocycles. The molecule has 288 valence electrons. The SMILES string of the molecule is CCC[C@H](NC(=O)Cc1cccc(C)c1F)C(=O)N[C@]1(C(=O)N[C@H](C(=O)NCCN2CCOCC2)C(C)CC)CCc2[nH]c3c(Cl)cc(F)cc3c2C1. The van der Waals surface area contributed by atoms with Crippen LogP contribution in [0.3, 0.4) is 0 Å². The van der Waals surface area contributed by atoms with E-state index in [9.17, 15) is 28.0 Å². The Morgan fingerprint density at radius 3 is 2.55 bits per heavy atom. The number of carbonyl (C=O) groups excluding carboxylic acids is 4. The van der Waals surface area contributed by atoms with Crippen molar-refractivity contribution >= 4 is 46.1 Å². The van der Waals surface area contributed by atoms with E-state index in [1.54, 1.807) is 19.1 Å². The highest BCUT2D eigenvalue weighted by Crippen LogP contribution is 2.37. The number of halogens is 3. The first kappa shape index (κ1) is 40.1. The fraction of sp³-hybridized carbons (Fsp3) is 0.538. The number of amides is 4. The summed E-state index contributed by atoms with van der Waals surface area (Å²) in [6.45, 7) is 11.1. The zero-order valence-corrected chi connectivity index (χ0v) is 31.7. The second kappa shape index (κ2) is 17.8. The van der Waals surface area contributed by atoms with Gasteiger partial charge in [-0.15, -0.1) is 0 Å². The summed E-state index contributed by atoms with van der Waals surface area (Å²) in [5, 5.41) is 12.4. The maximum absolute atomic E-state index is 14.7. The van der Waals surface area contributed by atoms with Gasteiger partial charge in [0, 0.05) is 43.7 Å². The molecule has 5 rings (SSSR count). The van der Waals surface area contributed by atoms with E-state index in [0.717, 1.165) is 18.8 Å². The number of aromatic amines is 1. The van der Waals surface area contributed by atoms with Crippen LogP contribution < -0.4 is 21.3 Å². The van der Waals surface area contributed by atoms with Gasteiger partial charge < -0.3 is 31.0 Å². The summed E-state index contributed by atoms with van der Waals surface area (Å²) in [5.41, 5.74) is 0.961. The molecule has 0 saturated carbocycles. The number of morpholine rings is 1. The van der Waals surface area contributed by atoms with Gasteiger partial charge in [0.05, 0.1) is 30.2 Å². The number of hydrogen-bond acceptors (Lipinski definition) is 6. The molecule has 1 unspecified atom stereocenters. The van der Waals surface area contributed by atoms with E-state index in [0.29, 0.717) is 67.6 Å². The number of H-pyrrole nitrogens is 1. The molecule has 4 amide bonds. The van der Waals surface area contributed by atoms with Gasteiger partial charge in [-0.25, -0.2) is 8.78 Å². The largest absolute Gasteiger partial charge is 0.379 e. The van der Waals surface area contributed by atoms with E-state index in [4.69, 9.17) is 16.3 Å². The Kier molecular flexibility index (Phi) is 13.5. The molecule has 0 bridgehead atoms. The number of fused-ring (bicyclic) bond motifs is 3. The molecular weight excluding hydrogens is 706 g/mol. The van der Waals surface area contributed by atoms with Crippen molar-refractivity contribution in [2.45, 2.75) is 90.3 Å². The topological polar surface area (TPSA) is 145 Å². The number of nitrogens with one attached hydrogen (secondary N) is 5. The number of benzene rings is 2. The summed E-state index contributed by atoms with van der Waals surface area (Å²) in [4.78, 5) is 61.2. The first-order chi connectivity index (χ1) is 25.3. The van der Waals surface area contributed by atoms with Crippen LogP contribution in [-0.2, 0) is 43.2 Å². The fourth-order valence-electron chi connectivity index (χ4n) is 7.23. The molecule has 0 radical (unpaired) electrons. The summed E-state index contributed by atoms with van der Waals surface area (Å²) < 4.78 is 34.8. The molecule has 1 saturated heterocycles. The number of rotatable bonds is 15. The first-order valence-electron chi connectivity index (χ1n) is 18.6. The Balaban J connectivity index is 1.41. The number of aromatic nitrogens is 1. The molecule has 1 aliphatic heterocycles. The Hall–Kier alpha value is -4.07. The van der Waals surface area contributed by atoms with Crippen LogP contribution in [0.5, 0.6) is 0 Å². The lowest BCUT2D eigenvalue weighted by molar-refractivity contribution is -0.138. The fourth-order valence-corrected chi connectivity index (χ4v) is 7.48. The lowest BCUT2D eigenvalue weighted by atomic mass is 9.78. The van der Waals surface area contributed by atoms with Crippen LogP contribution >= 0.6 is 11.6 Å². The van der Waals surface area contributed by atoms with E-state index in [2.05, 4.69) is 31.2 Å². The highest BCUT2D eigenvalue weighted by Gasteiger charge is 2.46. The van der Waals surface area contributed by atoms with Crippen molar-refractivity contribution in [1.29, 1.82) is 0 Å². The summed E-state index contributed by atoms with van der Waals surface area (Å²) in [7, 11) is 0. The van der Waals surface area contributed by atoms with Crippen LogP contribution in [-0.4, -0.2) is 90.5 Å². The zero-order chi connectivity index (χ0) is 38.3. The maximum atomic E-state index is 14.7. The highest BCUT2D eigenvalue weighted by atomic mass is 35.5. The van der Waals surface area contributed by atoms with E-state index in [-0.39, 0.29) is 48.1 Å². The molecular formula is C39H51ClF2N6O5. The molecule has 1 fully saturated rings. The summed E-state index contributed by atoms with van der Waals surface area (Å²) in [6, 6.07) is 5.42. The van der Waals surface area contributed by atoms with Crippen LogP contribution in [0.4, 0.5) is 8.78 Å². The molecule has 11 nitrogen and oxygen atoms in total. The first-order valence-corrected chi connectivity index (χ1v) is 19.0. The lowest BCUT2D eigenvalue weighted by Gasteiger charge is -2.39. The minimum Gasteiger partial charge on any atom is -0.379 e. The number of nitrogens with zero attached hydrogens (tertiary/aromatic N) is 1. The average molecular weight is 757 g/mol. The lowest BCUT2D eigenvalue weighted by Crippen LogP contribution is -2.66. The van der Waals surface area contributed by atoms with E-state index < -0.39 is 47.0 Å². The summed E-state index contributed by atoms with van der Waals surface area (Å²) in [6.07, 6.45) is 1.55. The Morgan fingerprint density at radius 2 is 1.83 bits per heavy atom. The van der Waals surface area contributed by atoms with E-state index in [1.807, 2.05) is 20.8 Å². The van der Waals surface area contributed by atoms with Gasteiger partial charge in [-0.05, 0) is 60.9 Å². The van der Waals surface area contributed by atoms with Crippen LogP contribution in [0, 0.1) is 24.5 Å². The summed E-state index contributed by atoms with van der Waals surface area (Å²) in [5.74, 6) is -3.31. The predicted octanol–water partition coefficient (Wildman–Crippen LogP) is 4.26. The smallest absolute Gasteiger partial charge is 0.246 e. The van der Waals surface area contributed by atoms with Gasteiger partial charge in [0.15, 0.2) is 0 Å². The molecule has 0 spiro atoms. The van der Waals surface area contributed by atoms with E-state index in [1.165, 1.54) is 18.2 Å². The van der Waals surface area contributed by atoms with Gasteiger partial charge in [0.2, 0.25) is 23.6 Å². The third-order valence-corrected chi connectivity index (χ3v) is 10.9. The number of aryl methyl sites for hydroxylation is 2. The molecule has 4 atom stereocenters. The van der Waals surface area contributed by atoms with E-state index >= 15 is 0 Å². The second-order valence-corrected chi connectivity index (χ2v) is 14.8. The van der Waals surface area contributed by atoms with Crippen molar-refractivity contribution in [3.8, 4) is 0 Å². The van der Waals surface area contributed by atoms with Gasteiger partial charge in [0.25, 0.3) is 0 Å². The van der Waals surface area contributed by atoms with Gasteiger partial charge in [-0.2, -0.15) is 0 Å². The molecule has 14 heteroatoms. The van der Waals surface area contributed by atoms with Crippen molar-refractivity contribution in [2.75, 3.05) is 39.4 Å². The Bertz CT molecular complexity index is 1810. The summed E-state index contributed by atoms with van der Waals surface area (Å²) >= 11 is 6.41. The quantitative estimate of drug-likeness (QED) is 0.157. The highest BCUT2D eigenvalue weighted by molar-refractivity contribution is 6.35. The minimum absolute atomic E-state index is 0.0210. The maximum Gasteiger partial charge on any atom is 0.246 e. The molecule has 1 aromatic heterocycles. The van der Waals surface area contributed by atoms with Crippen molar-refractivity contribution < 1.29 is 32.7 Å². The Morgan fingerprint density at radius 1 is 1.08 bits per heavy atom.